The Balaban J connectivity index is 1.64. The van der Waals surface area contributed by atoms with Crippen molar-refractivity contribution < 1.29 is 4.18 Å². The number of pyridine rings is 1. The first kappa shape index (κ1) is 12.9. The topological polar surface area (TPSA) is 26.5 Å². The van der Waals surface area contributed by atoms with Crippen LogP contribution in [0.2, 0.25) is 0 Å². The number of imidazole rings is 1. The Morgan fingerprint density at radius 3 is 3.00 bits per heavy atom. The molecule has 2 heterocycles. The summed E-state index contributed by atoms with van der Waals surface area (Å²) in [6.45, 7) is 2.08. The van der Waals surface area contributed by atoms with Crippen LogP contribution in [-0.4, -0.2) is 15.1 Å². The number of hydrogen-bond donors (Lipinski definition) is 0. The van der Waals surface area contributed by atoms with Gasteiger partial charge in [-0.05, 0) is 31.7 Å². The largest absolute Gasteiger partial charge is 0.407 e. The molecule has 2 aromatic heterocycles. The third-order valence-electron chi connectivity index (χ3n) is 3.89. The van der Waals surface area contributed by atoms with E-state index in [1.54, 1.807) is 12.0 Å². The molecule has 0 saturated heterocycles. The van der Waals surface area contributed by atoms with Crippen LogP contribution < -0.4 is 4.18 Å². The molecule has 0 aromatic carbocycles. The van der Waals surface area contributed by atoms with Gasteiger partial charge < -0.3 is 4.18 Å². The van der Waals surface area contributed by atoms with Crippen molar-refractivity contribution >= 4 is 17.6 Å². The van der Waals surface area contributed by atoms with Crippen LogP contribution in [-0.2, 0) is 0 Å². The molecule has 102 valence electrons. The van der Waals surface area contributed by atoms with Gasteiger partial charge in [0.25, 0.3) is 0 Å². The molecule has 0 unspecified atom stereocenters. The second kappa shape index (κ2) is 5.87. The zero-order valence-electron chi connectivity index (χ0n) is 11.3. The molecule has 0 atom stereocenters. The van der Waals surface area contributed by atoms with Crippen molar-refractivity contribution in [3.05, 3.63) is 30.2 Å². The number of fused-ring (bicyclic) bond motifs is 1. The van der Waals surface area contributed by atoms with Crippen molar-refractivity contribution in [2.45, 2.75) is 39.0 Å². The van der Waals surface area contributed by atoms with Gasteiger partial charge in [-0.3, -0.25) is 4.40 Å². The minimum Gasteiger partial charge on any atom is -0.407 e. The summed E-state index contributed by atoms with van der Waals surface area (Å²) in [5, 5.41) is 0. The lowest BCUT2D eigenvalue weighted by molar-refractivity contribution is 0.388. The minimum absolute atomic E-state index is 0.834. The van der Waals surface area contributed by atoms with Crippen molar-refractivity contribution in [2.75, 3.05) is 5.75 Å². The van der Waals surface area contributed by atoms with E-state index < -0.39 is 0 Å². The maximum atomic E-state index is 5.95. The van der Waals surface area contributed by atoms with Gasteiger partial charge in [-0.2, -0.15) is 0 Å². The van der Waals surface area contributed by atoms with Crippen molar-refractivity contribution in [3.63, 3.8) is 0 Å². The Kier molecular flexibility index (Phi) is 3.97. The fourth-order valence-electron chi connectivity index (χ4n) is 2.72. The third-order valence-corrected chi connectivity index (χ3v) is 4.78. The van der Waals surface area contributed by atoms with E-state index in [1.807, 2.05) is 16.9 Å². The van der Waals surface area contributed by atoms with Crippen LogP contribution in [0.5, 0.6) is 5.88 Å². The Labute approximate surface area is 118 Å². The van der Waals surface area contributed by atoms with E-state index >= 15 is 0 Å². The third kappa shape index (κ3) is 2.89. The number of hydrogen-bond acceptors (Lipinski definition) is 3. The SMILES string of the molecule is Cc1ccc2cncn2c1OSCC1CCCCC1. The summed E-state index contributed by atoms with van der Waals surface area (Å²) >= 11 is 1.60. The van der Waals surface area contributed by atoms with Crippen LogP contribution in [0.4, 0.5) is 0 Å². The summed E-state index contributed by atoms with van der Waals surface area (Å²) in [5.74, 6) is 2.85. The first-order valence-corrected chi connectivity index (χ1v) is 7.97. The second-order valence-corrected chi connectivity index (χ2v) is 6.12. The monoisotopic (exact) mass is 276 g/mol. The molecular weight excluding hydrogens is 256 g/mol. The summed E-state index contributed by atoms with van der Waals surface area (Å²) in [6, 6.07) is 4.16. The van der Waals surface area contributed by atoms with Gasteiger partial charge in [-0.25, -0.2) is 4.98 Å². The molecule has 0 radical (unpaired) electrons. The average Bonchev–Trinajstić information content (AvgIpc) is 2.91. The minimum atomic E-state index is 0.834. The van der Waals surface area contributed by atoms with Gasteiger partial charge in [0.2, 0.25) is 5.88 Å². The second-order valence-electron chi connectivity index (χ2n) is 5.38. The molecule has 0 N–H and O–H groups in total. The number of nitrogens with zero attached hydrogens (tertiary/aromatic N) is 2. The van der Waals surface area contributed by atoms with Crippen LogP contribution in [0.3, 0.4) is 0 Å². The molecule has 1 aliphatic rings. The van der Waals surface area contributed by atoms with Gasteiger partial charge in [0.05, 0.1) is 23.8 Å². The van der Waals surface area contributed by atoms with Gasteiger partial charge in [0.15, 0.2) is 0 Å². The van der Waals surface area contributed by atoms with Crippen LogP contribution in [0.25, 0.3) is 5.52 Å². The Morgan fingerprint density at radius 2 is 2.16 bits per heavy atom. The zero-order valence-corrected chi connectivity index (χ0v) is 12.2. The summed E-state index contributed by atoms with van der Waals surface area (Å²) in [5.41, 5.74) is 2.24. The highest BCUT2D eigenvalue weighted by molar-refractivity contribution is 7.95. The summed E-state index contributed by atoms with van der Waals surface area (Å²) in [6.07, 6.45) is 10.6. The van der Waals surface area contributed by atoms with Crippen molar-refractivity contribution in [3.8, 4) is 5.88 Å². The predicted molar refractivity (Wildman–Crippen MR) is 79.6 cm³/mol. The molecule has 1 aliphatic carbocycles. The van der Waals surface area contributed by atoms with Crippen LogP contribution >= 0.6 is 12.0 Å². The number of aryl methyl sites for hydroxylation is 1. The molecule has 2 aromatic rings. The number of rotatable bonds is 4. The van der Waals surface area contributed by atoms with Crippen molar-refractivity contribution in [1.82, 2.24) is 9.38 Å². The lowest BCUT2D eigenvalue weighted by Crippen LogP contribution is -2.09. The van der Waals surface area contributed by atoms with E-state index in [4.69, 9.17) is 4.18 Å². The van der Waals surface area contributed by atoms with Gasteiger partial charge in [0.1, 0.15) is 6.33 Å². The molecule has 19 heavy (non-hydrogen) atoms. The van der Waals surface area contributed by atoms with Crippen LogP contribution in [0.1, 0.15) is 37.7 Å². The molecular formula is C15H20N2OS. The molecule has 0 amide bonds. The van der Waals surface area contributed by atoms with Crippen molar-refractivity contribution in [1.29, 1.82) is 0 Å². The van der Waals surface area contributed by atoms with Crippen LogP contribution in [0.15, 0.2) is 24.7 Å². The Morgan fingerprint density at radius 1 is 1.32 bits per heavy atom. The van der Waals surface area contributed by atoms with E-state index in [9.17, 15) is 0 Å². The lowest BCUT2D eigenvalue weighted by Gasteiger charge is -2.20. The first-order valence-electron chi connectivity index (χ1n) is 7.06. The highest BCUT2D eigenvalue weighted by atomic mass is 32.2. The Bertz CT molecular complexity index is 546. The molecule has 4 heteroatoms. The fraction of sp³-hybridized carbons (Fsp3) is 0.533. The first-order chi connectivity index (χ1) is 9.34. The molecule has 3 nitrogen and oxygen atoms in total. The molecule has 0 spiro atoms. The Hall–Kier alpha value is -1.16. The highest BCUT2D eigenvalue weighted by Crippen LogP contribution is 2.29. The maximum Gasteiger partial charge on any atom is 0.217 e. The van der Waals surface area contributed by atoms with E-state index in [0.717, 1.165) is 28.6 Å². The molecule has 0 aliphatic heterocycles. The predicted octanol–water partition coefficient (Wildman–Crippen LogP) is 4.25. The standard InChI is InChI=1S/C15H20N2OS/c1-12-7-8-14-9-16-11-17(14)15(12)18-19-10-13-5-3-2-4-6-13/h7-9,11,13H,2-6,10H2,1H3. The summed E-state index contributed by atoms with van der Waals surface area (Å²) in [7, 11) is 0. The summed E-state index contributed by atoms with van der Waals surface area (Å²) < 4.78 is 7.97. The molecule has 3 rings (SSSR count). The van der Waals surface area contributed by atoms with E-state index in [1.165, 1.54) is 32.1 Å². The number of aromatic nitrogens is 2. The molecule has 1 saturated carbocycles. The van der Waals surface area contributed by atoms with Gasteiger partial charge in [0, 0.05) is 11.3 Å². The van der Waals surface area contributed by atoms with Crippen LogP contribution in [0, 0.1) is 12.8 Å². The highest BCUT2D eigenvalue weighted by Gasteiger charge is 2.15. The zero-order chi connectivity index (χ0) is 13.1. The van der Waals surface area contributed by atoms with Gasteiger partial charge in [-0.1, -0.05) is 25.3 Å². The van der Waals surface area contributed by atoms with E-state index in [2.05, 4.69) is 24.0 Å². The fourth-order valence-corrected chi connectivity index (χ4v) is 3.63. The maximum absolute atomic E-state index is 5.95. The average molecular weight is 276 g/mol. The van der Waals surface area contributed by atoms with E-state index in [-0.39, 0.29) is 0 Å². The summed E-state index contributed by atoms with van der Waals surface area (Å²) in [4.78, 5) is 4.17. The quantitative estimate of drug-likeness (QED) is 0.781. The van der Waals surface area contributed by atoms with Crippen molar-refractivity contribution in [2.24, 2.45) is 5.92 Å². The normalized spacial score (nSPS) is 16.9. The van der Waals surface area contributed by atoms with Gasteiger partial charge in [-0.15, -0.1) is 0 Å². The van der Waals surface area contributed by atoms with Gasteiger partial charge >= 0.3 is 0 Å². The lowest BCUT2D eigenvalue weighted by atomic mass is 9.91. The molecule has 1 fully saturated rings. The molecule has 0 bridgehead atoms. The van der Waals surface area contributed by atoms with E-state index in [0.29, 0.717) is 0 Å². The smallest absolute Gasteiger partial charge is 0.217 e.